The van der Waals surface area contributed by atoms with E-state index in [0.29, 0.717) is 21.1 Å². The smallest absolute Gasteiger partial charge is 0.298 e. The maximum atomic E-state index is 12.5. The zero-order valence-electron chi connectivity index (χ0n) is 13.8. The fourth-order valence-corrected chi connectivity index (χ4v) is 3.44. The van der Waals surface area contributed by atoms with Crippen molar-refractivity contribution in [3.8, 4) is 10.6 Å². The van der Waals surface area contributed by atoms with Crippen molar-refractivity contribution in [3.05, 3.63) is 65.9 Å². The summed E-state index contributed by atoms with van der Waals surface area (Å²) in [5, 5.41) is 12.3. The molecule has 0 saturated heterocycles. The van der Waals surface area contributed by atoms with Gasteiger partial charge in [0.1, 0.15) is 5.01 Å². The van der Waals surface area contributed by atoms with Gasteiger partial charge in [0.05, 0.1) is 5.56 Å². The summed E-state index contributed by atoms with van der Waals surface area (Å²) in [5.41, 5.74) is 3.17. The SMILES string of the molecule is Cc1cccc(-c2nnc(NC(=O)C(=O)c3c[nH]c4ccccc34)s2)c1. The van der Waals surface area contributed by atoms with Gasteiger partial charge in [0.25, 0.3) is 11.7 Å². The Hall–Kier alpha value is -3.32. The quantitative estimate of drug-likeness (QED) is 0.427. The minimum atomic E-state index is -0.735. The van der Waals surface area contributed by atoms with Gasteiger partial charge < -0.3 is 4.98 Å². The standard InChI is InChI=1S/C19H14N4O2S/c1-11-5-4-6-12(9-11)18-22-23-19(26-18)21-17(25)16(24)14-10-20-15-8-3-2-7-13(14)15/h2-10,20H,1H3,(H,21,23,25). The molecule has 0 spiro atoms. The number of hydrogen-bond donors (Lipinski definition) is 2. The maximum absolute atomic E-state index is 12.5. The Morgan fingerprint density at radius 2 is 1.92 bits per heavy atom. The van der Waals surface area contributed by atoms with E-state index in [-0.39, 0.29) is 0 Å². The average molecular weight is 362 g/mol. The second kappa shape index (κ2) is 6.53. The van der Waals surface area contributed by atoms with Gasteiger partial charge in [0.2, 0.25) is 5.13 Å². The minimum Gasteiger partial charge on any atom is -0.360 e. The van der Waals surface area contributed by atoms with E-state index in [4.69, 9.17) is 0 Å². The summed E-state index contributed by atoms with van der Waals surface area (Å²) in [5.74, 6) is -1.35. The fraction of sp³-hybridized carbons (Fsp3) is 0.0526. The van der Waals surface area contributed by atoms with Gasteiger partial charge in [-0.2, -0.15) is 0 Å². The normalized spacial score (nSPS) is 10.8. The number of rotatable bonds is 4. The molecule has 4 rings (SSSR count). The summed E-state index contributed by atoms with van der Waals surface area (Å²) in [6.07, 6.45) is 1.55. The number of aromatic nitrogens is 3. The molecule has 4 aromatic rings. The lowest BCUT2D eigenvalue weighted by Gasteiger charge is -1.99. The number of hydrogen-bond acceptors (Lipinski definition) is 5. The van der Waals surface area contributed by atoms with Crippen LogP contribution in [0.25, 0.3) is 21.5 Å². The van der Waals surface area contributed by atoms with Crippen LogP contribution in [0, 0.1) is 6.92 Å². The Morgan fingerprint density at radius 1 is 1.08 bits per heavy atom. The number of benzene rings is 2. The molecule has 0 aliphatic carbocycles. The number of carbonyl (C=O) groups is 2. The van der Waals surface area contributed by atoms with Crippen LogP contribution >= 0.6 is 11.3 Å². The molecule has 7 heteroatoms. The number of nitrogens with one attached hydrogen (secondary N) is 2. The number of amides is 1. The van der Waals surface area contributed by atoms with Gasteiger partial charge >= 0.3 is 0 Å². The molecule has 0 bridgehead atoms. The number of carbonyl (C=O) groups excluding carboxylic acids is 2. The summed E-state index contributed by atoms with van der Waals surface area (Å²) in [4.78, 5) is 27.8. The van der Waals surface area contributed by atoms with Crippen LogP contribution in [0.3, 0.4) is 0 Å². The van der Waals surface area contributed by atoms with Gasteiger partial charge in [-0.05, 0) is 19.1 Å². The van der Waals surface area contributed by atoms with Gasteiger partial charge in [0, 0.05) is 22.7 Å². The molecular formula is C19H14N4O2S. The van der Waals surface area contributed by atoms with Crippen molar-refractivity contribution in [2.75, 3.05) is 5.32 Å². The number of H-pyrrole nitrogens is 1. The molecule has 0 fully saturated rings. The number of ketones is 1. The first-order chi connectivity index (χ1) is 12.6. The lowest BCUT2D eigenvalue weighted by molar-refractivity contribution is -0.112. The highest BCUT2D eigenvalue weighted by Crippen LogP contribution is 2.27. The fourth-order valence-electron chi connectivity index (χ4n) is 2.70. The minimum absolute atomic E-state index is 0.291. The monoisotopic (exact) mass is 362 g/mol. The second-order valence-electron chi connectivity index (χ2n) is 5.81. The van der Waals surface area contributed by atoms with Crippen molar-refractivity contribution in [3.63, 3.8) is 0 Å². The van der Waals surface area contributed by atoms with Crippen molar-refractivity contribution in [2.45, 2.75) is 6.92 Å². The maximum Gasteiger partial charge on any atom is 0.298 e. The van der Waals surface area contributed by atoms with E-state index in [0.717, 1.165) is 16.6 Å². The number of aromatic amines is 1. The van der Waals surface area contributed by atoms with Gasteiger partial charge in [-0.1, -0.05) is 53.3 Å². The summed E-state index contributed by atoms with van der Waals surface area (Å²) >= 11 is 1.23. The van der Waals surface area contributed by atoms with E-state index >= 15 is 0 Å². The Morgan fingerprint density at radius 3 is 2.77 bits per heavy atom. The largest absolute Gasteiger partial charge is 0.360 e. The molecule has 6 nitrogen and oxygen atoms in total. The van der Waals surface area contributed by atoms with Crippen LogP contribution in [0.4, 0.5) is 5.13 Å². The Labute approximate surface area is 152 Å². The molecule has 128 valence electrons. The molecule has 0 aliphatic rings. The van der Waals surface area contributed by atoms with Crippen molar-refractivity contribution >= 4 is 39.1 Å². The van der Waals surface area contributed by atoms with E-state index in [1.54, 1.807) is 12.3 Å². The molecule has 2 heterocycles. The molecule has 2 aromatic carbocycles. The molecule has 0 unspecified atom stereocenters. The van der Waals surface area contributed by atoms with Gasteiger partial charge in [0.15, 0.2) is 0 Å². The molecule has 26 heavy (non-hydrogen) atoms. The van der Waals surface area contributed by atoms with Crippen LogP contribution in [0.2, 0.25) is 0 Å². The summed E-state index contributed by atoms with van der Waals surface area (Å²) in [7, 11) is 0. The van der Waals surface area contributed by atoms with Crippen LogP contribution < -0.4 is 5.32 Å². The van der Waals surface area contributed by atoms with E-state index in [1.165, 1.54) is 11.3 Å². The summed E-state index contributed by atoms with van der Waals surface area (Å²) < 4.78 is 0. The molecule has 2 N–H and O–H groups in total. The van der Waals surface area contributed by atoms with Crippen molar-refractivity contribution in [1.29, 1.82) is 0 Å². The van der Waals surface area contributed by atoms with Gasteiger partial charge in [-0.25, -0.2) is 0 Å². The van der Waals surface area contributed by atoms with Crippen LogP contribution in [0.1, 0.15) is 15.9 Å². The Balaban J connectivity index is 1.54. The highest BCUT2D eigenvalue weighted by Gasteiger charge is 2.21. The zero-order valence-corrected chi connectivity index (χ0v) is 14.6. The van der Waals surface area contributed by atoms with Crippen LogP contribution in [-0.4, -0.2) is 26.9 Å². The van der Waals surface area contributed by atoms with E-state index in [1.807, 2.05) is 49.4 Å². The lowest BCUT2D eigenvalue weighted by atomic mass is 10.1. The number of fused-ring (bicyclic) bond motifs is 1. The number of anilines is 1. The van der Waals surface area contributed by atoms with E-state index in [2.05, 4.69) is 20.5 Å². The van der Waals surface area contributed by atoms with E-state index < -0.39 is 11.7 Å². The van der Waals surface area contributed by atoms with Gasteiger partial charge in [-0.15, -0.1) is 10.2 Å². The second-order valence-corrected chi connectivity index (χ2v) is 6.79. The number of aryl methyl sites for hydroxylation is 1. The molecule has 0 aliphatic heterocycles. The predicted octanol–water partition coefficient (Wildman–Crippen LogP) is 3.82. The highest BCUT2D eigenvalue weighted by molar-refractivity contribution is 7.18. The Bertz CT molecular complexity index is 1130. The third-order valence-electron chi connectivity index (χ3n) is 3.95. The van der Waals surface area contributed by atoms with Crippen LogP contribution in [0.5, 0.6) is 0 Å². The molecule has 0 atom stereocenters. The van der Waals surface area contributed by atoms with Crippen LogP contribution in [-0.2, 0) is 4.79 Å². The number of Topliss-reactive ketones (excluding diaryl/α,β-unsaturated/α-hetero) is 1. The zero-order chi connectivity index (χ0) is 18.1. The third-order valence-corrected chi connectivity index (χ3v) is 4.84. The predicted molar refractivity (Wildman–Crippen MR) is 101 cm³/mol. The first-order valence-corrected chi connectivity index (χ1v) is 8.76. The molecular weight excluding hydrogens is 348 g/mol. The summed E-state index contributed by atoms with van der Waals surface area (Å²) in [6, 6.07) is 15.2. The third kappa shape index (κ3) is 3.00. The van der Waals surface area contributed by atoms with Crippen molar-refractivity contribution in [1.82, 2.24) is 15.2 Å². The van der Waals surface area contributed by atoms with Crippen molar-refractivity contribution in [2.24, 2.45) is 0 Å². The molecule has 2 aromatic heterocycles. The molecule has 0 radical (unpaired) electrons. The van der Waals surface area contributed by atoms with Gasteiger partial charge in [-0.3, -0.25) is 14.9 Å². The van der Waals surface area contributed by atoms with Crippen molar-refractivity contribution < 1.29 is 9.59 Å². The number of nitrogens with zero attached hydrogens (tertiary/aromatic N) is 2. The first-order valence-electron chi connectivity index (χ1n) is 7.94. The lowest BCUT2D eigenvalue weighted by Crippen LogP contribution is -2.22. The highest BCUT2D eigenvalue weighted by atomic mass is 32.1. The molecule has 1 amide bonds. The number of para-hydroxylation sites is 1. The average Bonchev–Trinajstić information content (AvgIpc) is 3.28. The Kier molecular flexibility index (Phi) is 4.06. The molecule has 0 saturated carbocycles. The topological polar surface area (TPSA) is 87.7 Å². The van der Waals surface area contributed by atoms with Crippen LogP contribution in [0.15, 0.2) is 54.7 Å². The first kappa shape index (κ1) is 16.2. The summed E-state index contributed by atoms with van der Waals surface area (Å²) in [6.45, 7) is 1.99. The van der Waals surface area contributed by atoms with E-state index in [9.17, 15) is 9.59 Å².